The molecule has 1 aromatic rings. The van der Waals surface area contributed by atoms with Crippen molar-refractivity contribution in [2.75, 3.05) is 32.8 Å². The highest BCUT2D eigenvalue weighted by Crippen LogP contribution is 2.18. The molecule has 0 aromatic heterocycles. The number of nitrogens with one attached hydrogen (secondary N) is 1. The highest BCUT2D eigenvalue weighted by molar-refractivity contribution is 14.0. The van der Waals surface area contributed by atoms with Crippen LogP contribution < -0.4 is 5.32 Å². The van der Waals surface area contributed by atoms with Crippen LogP contribution in [0.25, 0.3) is 0 Å². The molecule has 2 heterocycles. The van der Waals surface area contributed by atoms with Crippen molar-refractivity contribution in [3.8, 4) is 0 Å². The summed E-state index contributed by atoms with van der Waals surface area (Å²) in [6.07, 6.45) is 6.40. The van der Waals surface area contributed by atoms with E-state index in [0.29, 0.717) is 12.2 Å². The summed E-state index contributed by atoms with van der Waals surface area (Å²) < 4.78 is 11.9. The summed E-state index contributed by atoms with van der Waals surface area (Å²) in [5, 5.41) is 3.45. The summed E-state index contributed by atoms with van der Waals surface area (Å²) in [4.78, 5) is 7.22. The minimum atomic E-state index is 0. The van der Waals surface area contributed by atoms with Gasteiger partial charge in [0.15, 0.2) is 5.96 Å². The lowest BCUT2D eigenvalue weighted by atomic mass is 10.1. The van der Waals surface area contributed by atoms with Crippen molar-refractivity contribution in [3.63, 3.8) is 0 Å². The molecule has 0 spiro atoms. The molecule has 1 atom stereocenters. The van der Waals surface area contributed by atoms with Crippen molar-refractivity contribution in [1.29, 1.82) is 0 Å². The molecule has 6 heteroatoms. The average Bonchev–Trinajstić information content (AvgIpc) is 2.72. The van der Waals surface area contributed by atoms with Gasteiger partial charge in [-0.25, -0.2) is 4.99 Å². The maximum atomic E-state index is 6.14. The van der Waals surface area contributed by atoms with Gasteiger partial charge >= 0.3 is 0 Å². The Hall–Kier alpha value is -0.860. The third kappa shape index (κ3) is 7.52. The highest BCUT2D eigenvalue weighted by atomic mass is 127. The molecule has 2 saturated heterocycles. The summed E-state index contributed by atoms with van der Waals surface area (Å²) in [7, 11) is 0. The second kappa shape index (κ2) is 12.6. The van der Waals surface area contributed by atoms with E-state index in [9.17, 15) is 0 Å². The van der Waals surface area contributed by atoms with Crippen LogP contribution in [0.4, 0.5) is 0 Å². The first-order chi connectivity index (χ1) is 13.2. The lowest BCUT2D eigenvalue weighted by Crippen LogP contribution is -2.47. The molecule has 0 saturated carbocycles. The smallest absolute Gasteiger partial charge is 0.194 e. The molecular weight excluding hydrogens is 465 g/mol. The zero-order valence-electron chi connectivity index (χ0n) is 17.4. The molecule has 3 rings (SSSR count). The predicted molar refractivity (Wildman–Crippen MR) is 126 cm³/mol. The Bertz CT molecular complexity index is 580. The summed E-state index contributed by atoms with van der Waals surface area (Å²) >= 11 is 0. The van der Waals surface area contributed by atoms with E-state index in [2.05, 4.69) is 48.3 Å². The van der Waals surface area contributed by atoms with E-state index in [1.807, 2.05) is 0 Å². The van der Waals surface area contributed by atoms with Crippen LogP contribution in [0.1, 0.15) is 50.2 Å². The van der Waals surface area contributed by atoms with E-state index in [-0.39, 0.29) is 24.0 Å². The quantitative estimate of drug-likeness (QED) is 0.362. The number of hydrogen-bond acceptors (Lipinski definition) is 3. The van der Waals surface area contributed by atoms with Gasteiger partial charge < -0.3 is 19.7 Å². The van der Waals surface area contributed by atoms with Gasteiger partial charge in [0, 0.05) is 26.2 Å². The maximum Gasteiger partial charge on any atom is 0.194 e. The summed E-state index contributed by atoms with van der Waals surface area (Å²) in [5.74, 6) is 1.02. The molecule has 5 nitrogen and oxygen atoms in total. The van der Waals surface area contributed by atoms with Crippen LogP contribution in [0.2, 0.25) is 0 Å². The molecule has 1 unspecified atom stereocenters. The second-order valence-electron chi connectivity index (χ2n) is 7.66. The number of nitrogens with zero attached hydrogens (tertiary/aromatic N) is 2. The largest absolute Gasteiger partial charge is 0.376 e. The minimum absolute atomic E-state index is 0. The molecule has 28 heavy (non-hydrogen) atoms. The van der Waals surface area contributed by atoms with E-state index in [1.54, 1.807) is 0 Å². The van der Waals surface area contributed by atoms with E-state index in [1.165, 1.54) is 24.0 Å². The van der Waals surface area contributed by atoms with Gasteiger partial charge in [0.2, 0.25) is 0 Å². The molecule has 158 valence electrons. The van der Waals surface area contributed by atoms with E-state index < -0.39 is 0 Å². The zero-order valence-corrected chi connectivity index (χ0v) is 19.7. The van der Waals surface area contributed by atoms with E-state index >= 15 is 0 Å². The average molecular weight is 501 g/mol. The van der Waals surface area contributed by atoms with Gasteiger partial charge in [0.25, 0.3) is 0 Å². The molecule has 1 aromatic carbocycles. The van der Waals surface area contributed by atoms with Crippen LogP contribution in [0.5, 0.6) is 0 Å². The fourth-order valence-electron chi connectivity index (χ4n) is 3.70. The Kier molecular flexibility index (Phi) is 10.6. The monoisotopic (exact) mass is 501 g/mol. The molecule has 1 N–H and O–H groups in total. The SMILES string of the molecule is CCNC(=NCc1ccc(C)cc1)N1CCC(OCC2CCCCO2)CC1.I. The van der Waals surface area contributed by atoms with Crippen molar-refractivity contribution in [3.05, 3.63) is 35.4 Å². The highest BCUT2D eigenvalue weighted by Gasteiger charge is 2.23. The Morgan fingerprint density at radius 2 is 1.93 bits per heavy atom. The number of rotatable bonds is 6. The van der Waals surface area contributed by atoms with Gasteiger partial charge in [-0.15, -0.1) is 24.0 Å². The number of aliphatic imine (C=N–C) groups is 1. The molecule has 2 fully saturated rings. The molecule has 0 amide bonds. The summed E-state index contributed by atoms with van der Waals surface area (Å²) in [6, 6.07) is 8.62. The minimum Gasteiger partial charge on any atom is -0.376 e. The molecule has 2 aliphatic heterocycles. The lowest BCUT2D eigenvalue weighted by molar-refractivity contribution is -0.0721. The van der Waals surface area contributed by atoms with Crippen molar-refractivity contribution in [1.82, 2.24) is 10.2 Å². The van der Waals surface area contributed by atoms with Crippen molar-refractivity contribution in [2.24, 2.45) is 4.99 Å². The number of guanidine groups is 1. The van der Waals surface area contributed by atoms with E-state index in [0.717, 1.165) is 64.6 Å². The number of likely N-dealkylation sites (tertiary alicyclic amines) is 1. The normalized spacial score (nSPS) is 21.3. The molecule has 0 bridgehead atoms. The second-order valence-corrected chi connectivity index (χ2v) is 7.66. The van der Waals surface area contributed by atoms with Crippen LogP contribution in [-0.4, -0.2) is 55.9 Å². The number of halogens is 1. The van der Waals surface area contributed by atoms with Gasteiger partial charge in [0.1, 0.15) is 0 Å². The number of benzene rings is 1. The third-order valence-corrected chi connectivity index (χ3v) is 5.40. The van der Waals surface area contributed by atoms with Gasteiger partial charge in [0.05, 0.1) is 25.4 Å². The first kappa shape index (κ1) is 23.4. The number of aryl methyl sites for hydroxylation is 1. The molecule has 2 aliphatic rings. The maximum absolute atomic E-state index is 6.14. The Morgan fingerprint density at radius 1 is 1.18 bits per heavy atom. The van der Waals surface area contributed by atoms with Gasteiger partial charge in [-0.2, -0.15) is 0 Å². The zero-order chi connectivity index (χ0) is 18.9. The predicted octanol–water partition coefficient (Wildman–Crippen LogP) is 4.13. The van der Waals surface area contributed by atoms with Crippen molar-refractivity contribution in [2.45, 2.75) is 64.7 Å². The standard InChI is InChI=1S/C22H35N3O2.HI/c1-3-23-22(24-16-19-9-7-18(2)8-10-19)25-13-11-20(12-14-25)27-17-21-6-4-5-15-26-21;/h7-10,20-21H,3-6,11-17H2,1-2H3,(H,23,24);1H. The number of piperidine rings is 1. The molecule has 0 radical (unpaired) electrons. The van der Waals surface area contributed by atoms with Gasteiger partial charge in [-0.3, -0.25) is 0 Å². The van der Waals surface area contributed by atoms with Crippen LogP contribution >= 0.6 is 24.0 Å². The number of hydrogen-bond donors (Lipinski definition) is 1. The van der Waals surface area contributed by atoms with Crippen LogP contribution in [0, 0.1) is 6.92 Å². The topological polar surface area (TPSA) is 46.1 Å². The lowest BCUT2D eigenvalue weighted by Gasteiger charge is -2.35. The number of ether oxygens (including phenoxy) is 2. The summed E-state index contributed by atoms with van der Waals surface area (Å²) in [5.41, 5.74) is 2.54. The molecule has 0 aliphatic carbocycles. The first-order valence-corrected chi connectivity index (χ1v) is 10.6. The van der Waals surface area contributed by atoms with Crippen LogP contribution in [0.3, 0.4) is 0 Å². The Morgan fingerprint density at radius 3 is 2.57 bits per heavy atom. The third-order valence-electron chi connectivity index (χ3n) is 5.40. The molecular formula is C22H36IN3O2. The Labute approximate surface area is 187 Å². The van der Waals surface area contributed by atoms with E-state index in [4.69, 9.17) is 14.5 Å². The summed E-state index contributed by atoms with van der Waals surface area (Å²) in [6.45, 7) is 9.50. The van der Waals surface area contributed by atoms with Gasteiger partial charge in [-0.1, -0.05) is 29.8 Å². The Balaban J connectivity index is 0.00000280. The fraction of sp³-hybridized carbons (Fsp3) is 0.682. The fourth-order valence-corrected chi connectivity index (χ4v) is 3.70. The van der Waals surface area contributed by atoms with Crippen molar-refractivity contribution >= 4 is 29.9 Å². The van der Waals surface area contributed by atoms with Gasteiger partial charge in [-0.05, 0) is 51.5 Å². The van der Waals surface area contributed by atoms with Crippen LogP contribution in [-0.2, 0) is 16.0 Å². The first-order valence-electron chi connectivity index (χ1n) is 10.6. The van der Waals surface area contributed by atoms with Crippen LogP contribution in [0.15, 0.2) is 29.3 Å². The van der Waals surface area contributed by atoms with Crippen molar-refractivity contribution < 1.29 is 9.47 Å².